The highest BCUT2D eigenvalue weighted by molar-refractivity contribution is 5.43. The molecule has 3 rings (SSSR count). The van der Waals surface area contributed by atoms with E-state index in [0.29, 0.717) is 11.8 Å². The van der Waals surface area contributed by atoms with E-state index in [1.807, 2.05) is 0 Å². The smallest absolute Gasteiger partial charge is 0.131 e. The van der Waals surface area contributed by atoms with Crippen LogP contribution < -0.4 is 10.5 Å². The van der Waals surface area contributed by atoms with Gasteiger partial charge in [-0.2, -0.15) is 0 Å². The Bertz CT molecular complexity index is 481. The Morgan fingerprint density at radius 1 is 1.37 bits per heavy atom. The van der Waals surface area contributed by atoms with Crippen LogP contribution in [0.1, 0.15) is 38.3 Å². The number of rotatable bonds is 1. The summed E-state index contributed by atoms with van der Waals surface area (Å²) in [6.07, 6.45) is 1.81. The van der Waals surface area contributed by atoms with Gasteiger partial charge in [0.25, 0.3) is 0 Å². The van der Waals surface area contributed by atoms with E-state index in [-0.39, 0.29) is 17.5 Å². The predicted molar refractivity (Wildman–Crippen MR) is 72.6 cm³/mol. The summed E-state index contributed by atoms with van der Waals surface area (Å²) in [4.78, 5) is 2.44. The fourth-order valence-electron chi connectivity index (χ4n) is 3.25. The molecule has 1 aromatic rings. The monoisotopic (exact) mass is 264 g/mol. The third-order valence-corrected chi connectivity index (χ3v) is 4.57. The van der Waals surface area contributed by atoms with Crippen molar-refractivity contribution in [3.63, 3.8) is 0 Å². The van der Waals surface area contributed by atoms with E-state index in [9.17, 15) is 4.39 Å². The van der Waals surface area contributed by atoms with Gasteiger partial charge in [-0.15, -0.1) is 0 Å². The van der Waals surface area contributed by atoms with Crippen LogP contribution in [0.25, 0.3) is 0 Å². The number of likely N-dealkylation sites (tertiary alicyclic amines) is 1. The molecule has 1 atom stereocenters. The molecule has 1 aromatic carbocycles. The van der Waals surface area contributed by atoms with Crippen molar-refractivity contribution in [2.24, 2.45) is 5.73 Å². The molecule has 0 unspecified atom stereocenters. The van der Waals surface area contributed by atoms with Gasteiger partial charge in [-0.25, -0.2) is 4.39 Å². The van der Waals surface area contributed by atoms with Gasteiger partial charge in [-0.1, -0.05) is 6.07 Å². The van der Waals surface area contributed by atoms with Gasteiger partial charge < -0.3 is 15.4 Å². The Kier molecular flexibility index (Phi) is 3.02. The van der Waals surface area contributed by atoms with Crippen LogP contribution in [-0.2, 0) is 0 Å². The maximum absolute atomic E-state index is 13.3. The van der Waals surface area contributed by atoms with Gasteiger partial charge in [0.15, 0.2) is 0 Å². The molecule has 2 heterocycles. The van der Waals surface area contributed by atoms with Gasteiger partial charge in [0.1, 0.15) is 17.2 Å². The summed E-state index contributed by atoms with van der Waals surface area (Å²) in [5.41, 5.74) is 6.97. The van der Waals surface area contributed by atoms with Crippen molar-refractivity contribution >= 4 is 0 Å². The Morgan fingerprint density at radius 3 is 2.68 bits per heavy atom. The number of ether oxygens (including phenoxy) is 1. The molecule has 2 aliphatic rings. The lowest BCUT2D eigenvalue weighted by Crippen LogP contribution is -2.52. The highest BCUT2D eigenvalue weighted by Crippen LogP contribution is 2.47. The highest BCUT2D eigenvalue weighted by Gasteiger charge is 2.48. The van der Waals surface area contributed by atoms with Crippen LogP contribution in [0.3, 0.4) is 0 Å². The summed E-state index contributed by atoms with van der Waals surface area (Å²) in [5, 5.41) is 0. The van der Waals surface area contributed by atoms with Crippen LogP contribution in [0.5, 0.6) is 5.75 Å². The van der Waals surface area contributed by atoms with Gasteiger partial charge in [-0.05, 0) is 19.9 Å². The predicted octanol–water partition coefficient (Wildman–Crippen LogP) is 2.46. The van der Waals surface area contributed by atoms with Crippen LogP contribution in [0, 0.1) is 5.82 Å². The minimum atomic E-state index is -0.332. The minimum absolute atomic E-state index is 0.141. The lowest BCUT2D eigenvalue weighted by Gasteiger charge is -2.42. The quantitative estimate of drug-likeness (QED) is 0.847. The van der Waals surface area contributed by atoms with Crippen molar-refractivity contribution in [3.05, 3.63) is 29.6 Å². The number of piperidine rings is 1. The molecule has 0 radical (unpaired) electrons. The van der Waals surface area contributed by atoms with E-state index < -0.39 is 0 Å². The molecule has 2 aliphatic heterocycles. The molecule has 0 amide bonds. The molecule has 1 fully saturated rings. The second-order valence-electron chi connectivity index (χ2n) is 5.96. The van der Waals surface area contributed by atoms with Gasteiger partial charge in [-0.3, -0.25) is 0 Å². The molecular weight excluding hydrogens is 243 g/mol. The zero-order valence-corrected chi connectivity index (χ0v) is 11.5. The Morgan fingerprint density at radius 2 is 2.05 bits per heavy atom. The molecule has 104 valence electrons. The molecule has 19 heavy (non-hydrogen) atoms. The minimum Gasteiger partial charge on any atom is -0.485 e. The van der Waals surface area contributed by atoms with E-state index >= 15 is 0 Å². The summed E-state index contributed by atoms with van der Waals surface area (Å²) >= 11 is 0. The van der Waals surface area contributed by atoms with Crippen LogP contribution >= 0.6 is 0 Å². The van der Waals surface area contributed by atoms with E-state index in [0.717, 1.165) is 31.5 Å². The second kappa shape index (κ2) is 4.46. The number of halogens is 1. The van der Waals surface area contributed by atoms with Crippen molar-refractivity contribution in [3.8, 4) is 5.75 Å². The number of nitrogens with two attached hydrogens (primary N) is 1. The lowest BCUT2D eigenvalue weighted by atomic mass is 9.83. The van der Waals surface area contributed by atoms with Crippen molar-refractivity contribution in [1.29, 1.82) is 0 Å². The molecule has 0 saturated carbocycles. The Balaban J connectivity index is 1.82. The highest BCUT2D eigenvalue weighted by atomic mass is 19.1. The maximum atomic E-state index is 13.3. The van der Waals surface area contributed by atoms with Gasteiger partial charge in [0.2, 0.25) is 0 Å². The SMILES string of the molecule is CC(C)N1CCC2(CC1)Oc1cc(F)ccc1[C@H]2N. The van der Waals surface area contributed by atoms with E-state index in [1.54, 1.807) is 6.07 Å². The molecule has 0 aromatic heterocycles. The molecule has 4 heteroatoms. The first-order valence-electron chi connectivity index (χ1n) is 7.00. The first-order chi connectivity index (χ1) is 9.02. The summed E-state index contributed by atoms with van der Waals surface area (Å²) < 4.78 is 19.3. The van der Waals surface area contributed by atoms with Crippen molar-refractivity contribution < 1.29 is 9.13 Å². The fraction of sp³-hybridized carbons (Fsp3) is 0.600. The van der Waals surface area contributed by atoms with Crippen molar-refractivity contribution in [1.82, 2.24) is 4.90 Å². The first kappa shape index (κ1) is 12.9. The molecule has 1 spiro atoms. The molecule has 0 aliphatic carbocycles. The number of hydrogen-bond acceptors (Lipinski definition) is 3. The molecule has 2 N–H and O–H groups in total. The van der Waals surface area contributed by atoms with Crippen LogP contribution in [0.2, 0.25) is 0 Å². The summed E-state index contributed by atoms with van der Waals surface area (Å²) in [6.45, 7) is 6.39. The van der Waals surface area contributed by atoms with Gasteiger partial charge >= 0.3 is 0 Å². The average molecular weight is 264 g/mol. The van der Waals surface area contributed by atoms with E-state index in [2.05, 4.69) is 18.7 Å². The lowest BCUT2D eigenvalue weighted by molar-refractivity contribution is -0.00699. The second-order valence-corrected chi connectivity index (χ2v) is 5.96. The normalized spacial score (nSPS) is 25.6. The van der Waals surface area contributed by atoms with Crippen molar-refractivity contribution in [2.75, 3.05) is 13.1 Å². The van der Waals surface area contributed by atoms with Crippen LogP contribution in [-0.4, -0.2) is 29.6 Å². The number of benzene rings is 1. The average Bonchev–Trinajstić information content (AvgIpc) is 2.63. The zero-order valence-electron chi connectivity index (χ0n) is 11.5. The zero-order chi connectivity index (χ0) is 13.6. The third kappa shape index (κ3) is 2.03. The fourth-order valence-corrected chi connectivity index (χ4v) is 3.25. The summed E-state index contributed by atoms with van der Waals surface area (Å²) in [7, 11) is 0. The Hall–Kier alpha value is -1.13. The molecular formula is C15H21FN2O. The number of nitrogens with zero attached hydrogens (tertiary/aromatic N) is 1. The third-order valence-electron chi connectivity index (χ3n) is 4.57. The Labute approximate surface area is 113 Å². The summed E-state index contributed by atoms with van der Waals surface area (Å²) in [6, 6.07) is 5.09. The molecule has 1 saturated heterocycles. The standard InChI is InChI=1S/C15H21FN2O/c1-10(2)18-7-5-15(6-8-18)14(17)12-4-3-11(16)9-13(12)19-15/h3-4,9-10,14H,5-8,17H2,1-2H3/t14-/m1/s1. The number of hydrogen-bond donors (Lipinski definition) is 1. The first-order valence-corrected chi connectivity index (χ1v) is 7.00. The van der Waals surface area contributed by atoms with Gasteiger partial charge in [0, 0.05) is 43.6 Å². The molecule has 3 nitrogen and oxygen atoms in total. The summed E-state index contributed by atoms with van der Waals surface area (Å²) in [5.74, 6) is 0.369. The van der Waals surface area contributed by atoms with Gasteiger partial charge in [0.05, 0.1) is 6.04 Å². The largest absolute Gasteiger partial charge is 0.485 e. The van der Waals surface area contributed by atoms with Crippen LogP contribution in [0.15, 0.2) is 18.2 Å². The number of fused-ring (bicyclic) bond motifs is 1. The van der Waals surface area contributed by atoms with E-state index in [4.69, 9.17) is 10.5 Å². The topological polar surface area (TPSA) is 38.5 Å². The van der Waals surface area contributed by atoms with E-state index in [1.165, 1.54) is 12.1 Å². The van der Waals surface area contributed by atoms with Crippen molar-refractivity contribution in [2.45, 2.75) is 44.4 Å². The molecule has 0 bridgehead atoms. The van der Waals surface area contributed by atoms with Crippen LogP contribution in [0.4, 0.5) is 4.39 Å². The maximum Gasteiger partial charge on any atom is 0.131 e.